The Kier molecular flexibility index (Phi) is 15.5. The first-order chi connectivity index (χ1) is 4.06. The summed E-state index contributed by atoms with van der Waals surface area (Å²) in [4.78, 5) is 19.5. The van der Waals surface area contributed by atoms with Gasteiger partial charge in [0, 0.05) is 0 Å². The van der Waals surface area contributed by atoms with E-state index in [4.69, 9.17) is 0 Å². The van der Waals surface area contributed by atoms with E-state index in [0.29, 0.717) is 6.42 Å². The van der Waals surface area contributed by atoms with E-state index < -0.39 is 7.82 Å². The van der Waals surface area contributed by atoms with Gasteiger partial charge in [0.15, 0.2) is 0 Å². The summed E-state index contributed by atoms with van der Waals surface area (Å²) in [6, 6.07) is 0. The van der Waals surface area contributed by atoms with Gasteiger partial charge in [-0.15, -0.1) is 0 Å². The van der Waals surface area contributed by atoms with Crippen LogP contribution in [0.3, 0.4) is 0 Å². The van der Waals surface area contributed by atoms with Gasteiger partial charge in [0.1, 0.15) is 0 Å². The summed E-state index contributed by atoms with van der Waals surface area (Å²) in [5.74, 6) is 0. The molecular weight excluding hydrogens is 157 g/mol. The van der Waals surface area contributed by atoms with Crippen LogP contribution >= 0.6 is 7.82 Å². The molecule has 7 heteroatoms. The summed E-state index contributed by atoms with van der Waals surface area (Å²) in [7, 11) is -4.70. The van der Waals surface area contributed by atoms with Crippen molar-refractivity contribution in [2.45, 2.75) is 19.8 Å². The molecule has 0 aliphatic heterocycles. The van der Waals surface area contributed by atoms with E-state index in [1.807, 2.05) is 6.92 Å². The Balaban J connectivity index is -0.000000320. The minimum absolute atomic E-state index is 0. The maximum atomic E-state index is 9.76. The second kappa shape index (κ2) is 9.39. The van der Waals surface area contributed by atoms with Gasteiger partial charge in [-0.05, 0) is 6.42 Å². The fourth-order valence-corrected chi connectivity index (χ4v) is 0.673. The predicted molar refractivity (Wildman–Crippen MR) is 28.5 cm³/mol. The van der Waals surface area contributed by atoms with Crippen LogP contribution < -0.4 is 47.5 Å². The van der Waals surface area contributed by atoms with Crippen molar-refractivity contribution in [3.63, 3.8) is 0 Å². The largest absolute Gasteiger partial charge is 1.00 e. The van der Waals surface area contributed by atoms with E-state index in [1.54, 1.807) is 0 Å². The third kappa shape index (κ3) is 18.3. The van der Waals surface area contributed by atoms with Crippen LogP contribution in [0.1, 0.15) is 19.8 Å². The molecule has 0 amide bonds. The molecule has 4 nitrogen and oxygen atoms in total. The molecule has 0 rings (SSSR count). The van der Waals surface area contributed by atoms with Crippen LogP contribution in [0.2, 0.25) is 0 Å². The zero-order valence-corrected chi connectivity index (χ0v) is 8.10. The minimum atomic E-state index is -4.70. The molecule has 0 radical (unpaired) electrons. The molecule has 0 fully saturated rings. The molecule has 0 aromatic carbocycles. The van der Waals surface area contributed by atoms with Crippen molar-refractivity contribution in [2.75, 3.05) is 6.61 Å². The molecule has 0 aliphatic rings. The summed E-state index contributed by atoms with van der Waals surface area (Å²) in [5, 5.41) is 0. The minimum Gasteiger partial charge on any atom is -0.790 e. The number of hydrogen-bond acceptors (Lipinski definition) is 4. The van der Waals surface area contributed by atoms with Gasteiger partial charge < -0.3 is 18.9 Å². The summed E-state index contributed by atoms with van der Waals surface area (Å²) < 4.78 is 13.7. The molecule has 11 heavy (non-hydrogen) atoms. The number of unbranched alkanes of at least 4 members (excludes halogenated alkanes) is 1. The van der Waals surface area contributed by atoms with E-state index in [-0.39, 0.29) is 44.3 Å². The fraction of sp³-hybridized carbons (Fsp3) is 1.00. The maximum absolute atomic E-state index is 9.76. The first-order valence-electron chi connectivity index (χ1n) is 2.73. The Hall–Kier alpha value is 1.30. The van der Waals surface area contributed by atoms with Gasteiger partial charge in [-0.25, -0.2) is 0 Å². The summed E-state index contributed by atoms with van der Waals surface area (Å²) in [5.41, 5.74) is 0. The van der Waals surface area contributed by atoms with E-state index in [2.05, 4.69) is 4.52 Å². The Bertz CT molecular complexity index is 115. The standard InChI is InChI=1S/C4H11O4P.2Li/c1-2-3-4-8-9(5,6)7;;/h2-4H2,1H3,(H2,5,6,7);;/q;2*+1/p-2. The van der Waals surface area contributed by atoms with Crippen molar-refractivity contribution < 1.29 is 56.6 Å². The molecule has 0 aliphatic carbocycles. The fourth-order valence-electron chi connectivity index (χ4n) is 0.321. The van der Waals surface area contributed by atoms with Gasteiger partial charge in [-0.1, -0.05) is 13.3 Å². The van der Waals surface area contributed by atoms with Crippen LogP contribution in [0.25, 0.3) is 0 Å². The zero-order valence-electron chi connectivity index (χ0n) is 7.20. The first kappa shape index (κ1) is 18.2. The molecule has 0 aromatic rings. The van der Waals surface area contributed by atoms with Crippen LogP contribution in [0.4, 0.5) is 0 Å². The normalized spacial score (nSPS) is 9.73. The van der Waals surface area contributed by atoms with Gasteiger partial charge in [-0.2, -0.15) is 0 Å². The predicted octanol–water partition coefficient (Wildman–Crippen LogP) is -6.36. The number of phosphoric acid groups is 1. The van der Waals surface area contributed by atoms with E-state index >= 15 is 0 Å². The Morgan fingerprint density at radius 3 is 2.09 bits per heavy atom. The van der Waals surface area contributed by atoms with E-state index in [1.165, 1.54) is 0 Å². The summed E-state index contributed by atoms with van der Waals surface area (Å²) >= 11 is 0. The molecule has 0 atom stereocenters. The van der Waals surface area contributed by atoms with Crippen molar-refractivity contribution in [3.8, 4) is 0 Å². The zero-order chi connectivity index (χ0) is 7.33. The second-order valence-corrected chi connectivity index (χ2v) is 2.79. The van der Waals surface area contributed by atoms with Crippen molar-refractivity contribution >= 4 is 7.82 Å². The third-order valence-electron chi connectivity index (χ3n) is 0.747. The smallest absolute Gasteiger partial charge is 0.790 e. The number of rotatable bonds is 4. The molecule has 0 unspecified atom stereocenters. The van der Waals surface area contributed by atoms with E-state index in [0.717, 1.165) is 6.42 Å². The van der Waals surface area contributed by atoms with Crippen LogP contribution in [0.5, 0.6) is 0 Å². The third-order valence-corrected chi connectivity index (χ3v) is 1.25. The summed E-state index contributed by atoms with van der Waals surface area (Å²) in [6.45, 7) is 1.89. The SMILES string of the molecule is CCCCOP(=O)([O-])[O-].[Li+].[Li+]. The van der Waals surface area contributed by atoms with Crippen LogP contribution in [0.15, 0.2) is 0 Å². The van der Waals surface area contributed by atoms with Gasteiger partial charge >= 0.3 is 37.7 Å². The maximum Gasteiger partial charge on any atom is 1.00 e. The monoisotopic (exact) mass is 166 g/mol. The van der Waals surface area contributed by atoms with Crippen molar-refractivity contribution in [2.24, 2.45) is 0 Å². The molecule has 0 spiro atoms. The Morgan fingerprint density at radius 2 is 1.82 bits per heavy atom. The first-order valence-corrected chi connectivity index (χ1v) is 4.19. The molecule has 0 saturated heterocycles. The molecule has 0 heterocycles. The molecule has 0 saturated carbocycles. The van der Waals surface area contributed by atoms with E-state index in [9.17, 15) is 14.4 Å². The summed E-state index contributed by atoms with van der Waals surface area (Å²) in [6.07, 6.45) is 1.43. The van der Waals surface area contributed by atoms with Gasteiger partial charge in [0.25, 0.3) is 0 Å². The van der Waals surface area contributed by atoms with Gasteiger partial charge in [0.2, 0.25) is 0 Å². The van der Waals surface area contributed by atoms with Crippen molar-refractivity contribution in [1.29, 1.82) is 0 Å². The average molecular weight is 166 g/mol. The van der Waals surface area contributed by atoms with Crippen molar-refractivity contribution in [1.82, 2.24) is 0 Å². The molecule has 0 N–H and O–H groups in total. The van der Waals surface area contributed by atoms with Gasteiger partial charge in [0.05, 0.1) is 14.4 Å². The molecular formula is C4H9Li2O4P. The van der Waals surface area contributed by atoms with Crippen LogP contribution in [-0.2, 0) is 9.09 Å². The van der Waals surface area contributed by atoms with Crippen LogP contribution in [-0.4, -0.2) is 6.61 Å². The number of hydrogen-bond donors (Lipinski definition) is 0. The molecule has 0 bridgehead atoms. The van der Waals surface area contributed by atoms with Crippen molar-refractivity contribution in [3.05, 3.63) is 0 Å². The average Bonchev–Trinajstić information content (AvgIpc) is 1.63. The topological polar surface area (TPSA) is 72.4 Å². The molecule has 56 valence electrons. The molecule has 0 aromatic heterocycles. The number of phosphoric ester groups is 1. The quantitative estimate of drug-likeness (QED) is 0.236. The van der Waals surface area contributed by atoms with Gasteiger partial charge in [-0.3, -0.25) is 0 Å². The second-order valence-electron chi connectivity index (χ2n) is 1.63. The van der Waals surface area contributed by atoms with Crippen LogP contribution in [0, 0.1) is 0 Å². The Morgan fingerprint density at radius 1 is 1.36 bits per heavy atom. The Labute approximate surface area is 90.7 Å².